The lowest BCUT2D eigenvalue weighted by molar-refractivity contribution is -0.132. The number of rotatable bonds is 8. The fraction of sp³-hybridized carbons (Fsp3) is 0.400. The molecule has 0 saturated heterocycles. The Morgan fingerprint density at radius 3 is 2.66 bits per heavy atom. The Hall–Kier alpha value is -2.78. The van der Waals surface area contributed by atoms with Crippen LogP contribution in [0.1, 0.15) is 12.6 Å². The summed E-state index contributed by atoms with van der Waals surface area (Å²) in [5.74, 6) is 0.347. The zero-order valence-electron chi connectivity index (χ0n) is 17.1. The highest BCUT2D eigenvalue weighted by Crippen LogP contribution is 2.32. The van der Waals surface area contributed by atoms with Crippen molar-refractivity contribution < 1.29 is 9.32 Å². The molecule has 0 spiro atoms. The van der Waals surface area contributed by atoms with Gasteiger partial charge in [0.05, 0.1) is 16.1 Å². The van der Waals surface area contributed by atoms with Gasteiger partial charge in [-0.05, 0) is 39.4 Å². The van der Waals surface area contributed by atoms with Gasteiger partial charge in [0.1, 0.15) is 12.2 Å². The monoisotopic (exact) mass is 415 g/mol. The number of carbonyl (C=O) groups is 1. The summed E-state index contributed by atoms with van der Waals surface area (Å²) in [7, 11) is 3.92. The number of carbonyl (C=O) groups excluding carboxylic acids is 1. The molecule has 9 heteroatoms. The maximum absolute atomic E-state index is 12.7. The smallest absolute Gasteiger partial charge is 0.268 e. The van der Waals surface area contributed by atoms with Crippen molar-refractivity contribution in [2.45, 2.75) is 20.4 Å². The second-order valence-electron chi connectivity index (χ2n) is 6.99. The SMILES string of the molecule is CCN(CCN(C)C)C(=O)Cn1nc(-c2cccs2)c(-c2cc(C)no2)cc1=O. The molecule has 3 rings (SSSR count). The number of thiophene rings is 1. The molecule has 8 nitrogen and oxygen atoms in total. The van der Waals surface area contributed by atoms with Crippen molar-refractivity contribution in [1.82, 2.24) is 24.7 Å². The molecule has 0 bridgehead atoms. The predicted octanol–water partition coefficient (Wildman–Crippen LogP) is 2.35. The summed E-state index contributed by atoms with van der Waals surface area (Å²) in [6, 6.07) is 7.07. The van der Waals surface area contributed by atoms with Gasteiger partial charge in [0.2, 0.25) is 5.91 Å². The Kier molecular flexibility index (Phi) is 6.60. The molecule has 1 amide bonds. The van der Waals surface area contributed by atoms with Crippen molar-refractivity contribution in [2.24, 2.45) is 0 Å². The summed E-state index contributed by atoms with van der Waals surface area (Å²) in [6.45, 7) is 5.58. The zero-order chi connectivity index (χ0) is 21.0. The molecule has 154 valence electrons. The van der Waals surface area contributed by atoms with Gasteiger partial charge in [-0.1, -0.05) is 11.2 Å². The van der Waals surface area contributed by atoms with E-state index in [-0.39, 0.29) is 18.0 Å². The molecule has 0 unspecified atom stereocenters. The number of amides is 1. The van der Waals surface area contributed by atoms with Gasteiger partial charge < -0.3 is 14.3 Å². The first-order valence-corrected chi connectivity index (χ1v) is 10.3. The Bertz CT molecular complexity index is 1020. The highest BCUT2D eigenvalue weighted by atomic mass is 32.1. The molecule has 0 N–H and O–H groups in total. The van der Waals surface area contributed by atoms with Gasteiger partial charge >= 0.3 is 0 Å². The third-order valence-corrected chi connectivity index (χ3v) is 5.36. The van der Waals surface area contributed by atoms with Gasteiger partial charge in [0.15, 0.2) is 5.76 Å². The number of nitrogens with zero attached hydrogens (tertiary/aromatic N) is 5. The van der Waals surface area contributed by atoms with Gasteiger partial charge in [-0.3, -0.25) is 9.59 Å². The van der Waals surface area contributed by atoms with Crippen LogP contribution in [0, 0.1) is 6.92 Å². The molecular weight excluding hydrogens is 390 g/mol. The van der Waals surface area contributed by atoms with Gasteiger partial charge in [0, 0.05) is 31.8 Å². The van der Waals surface area contributed by atoms with E-state index in [0.29, 0.717) is 30.1 Å². The largest absolute Gasteiger partial charge is 0.356 e. The fourth-order valence-electron chi connectivity index (χ4n) is 2.89. The number of hydrogen-bond donors (Lipinski definition) is 0. The minimum atomic E-state index is -0.355. The Morgan fingerprint density at radius 2 is 2.07 bits per heavy atom. The van der Waals surface area contributed by atoms with E-state index < -0.39 is 0 Å². The highest BCUT2D eigenvalue weighted by Gasteiger charge is 2.19. The first-order valence-electron chi connectivity index (χ1n) is 9.41. The van der Waals surface area contributed by atoms with Crippen LogP contribution in [0.25, 0.3) is 21.9 Å². The summed E-state index contributed by atoms with van der Waals surface area (Å²) < 4.78 is 6.59. The number of likely N-dealkylation sites (N-methyl/N-ethyl adjacent to an activating group) is 2. The molecule has 3 aromatic heterocycles. The number of hydrogen-bond acceptors (Lipinski definition) is 7. The summed E-state index contributed by atoms with van der Waals surface area (Å²) in [5.41, 5.74) is 1.53. The van der Waals surface area contributed by atoms with E-state index in [1.54, 1.807) is 11.0 Å². The van der Waals surface area contributed by atoms with Gasteiger partial charge in [-0.25, -0.2) is 4.68 Å². The maximum Gasteiger partial charge on any atom is 0.268 e. The first-order chi connectivity index (χ1) is 13.9. The van der Waals surface area contributed by atoms with Gasteiger partial charge in [0.25, 0.3) is 5.56 Å². The second-order valence-corrected chi connectivity index (χ2v) is 7.94. The van der Waals surface area contributed by atoms with E-state index in [1.807, 2.05) is 50.4 Å². The van der Waals surface area contributed by atoms with Gasteiger partial charge in [-0.15, -0.1) is 11.3 Å². The summed E-state index contributed by atoms with van der Waals surface area (Å²) >= 11 is 1.51. The molecule has 3 heterocycles. The van der Waals surface area contributed by atoms with E-state index in [2.05, 4.69) is 10.3 Å². The summed E-state index contributed by atoms with van der Waals surface area (Å²) in [6.07, 6.45) is 0. The second kappa shape index (κ2) is 9.15. The first kappa shape index (κ1) is 20.9. The molecule has 0 aliphatic rings. The Labute approximate surface area is 173 Å². The van der Waals surface area contributed by atoms with Crippen molar-refractivity contribution in [3.05, 3.63) is 45.7 Å². The van der Waals surface area contributed by atoms with Crippen molar-refractivity contribution in [2.75, 3.05) is 33.7 Å². The quantitative estimate of drug-likeness (QED) is 0.561. The van der Waals surface area contributed by atoms with E-state index in [1.165, 1.54) is 22.1 Å². The zero-order valence-corrected chi connectivity index (χ0v) is 17.9. The lowest BCUT2D eigenvalue weighted by Crippen LogP contribution is -2.40. The fourth-order valence-corrected chi connectivity index (χ4v) is 3.61. The van der Waals surface area contributed by atoms with Crippen molar-refractivity contribution in [3.63, 3.8) is 0 Å². The molecule has 0 aliphatic carbocycles. The third-order valence-electron chi connectivity index (χ3n) is 4.48. The average molecular weight is 416 g/mol. The molecule has 0 radical (unpaired) electrons. The molecule has 0 aromatic carbocycles. The number of aryl methyl sites for hydroxylation is 1. The molecular formula is C20H25N5O3S. The van der Waals surface area contributed by atoms with Crippen LogP contribution in [0.15, 0.2) is 39.0 Å². The van der Waals surface area contributed by atoms with Crippen LogP contribution in [-0.2, 0) is 11.3 Å². The van der Waals surface area contributed by atoms with Crippen molar-refractivity contribution in [3.8, 4) is 21.9 Å². The molecule has 29 heavy (non-hydrogen) atoms. The molecule has 0 aliphatic heterocycles. The van der Waals surface area contributed by atoms with E-state index >= 15 is 0 Å². The van der Waals surface area contributed by atoms with Crippen molar-refractivity contribution >= 4 is 17.2 Å². The molecule has 3 aromatic rings. The average Bonchev–Trinajstić information content (AvgIpc) is 3.35. The predicted molar refractivity (Wildman–Crippen MR) is 113 cm³/mol. The highest BCUT2D eigenvalue weighted by molar-refractivity contribution is 7.13. The standard InChI is InChI=1S/C20H25N5O3S/c1-5-24(9-8-23(3)4)19(27)13-25-18(26)12-15(16-11-14(2)22-28-16)20(21-25)17-7-6-10-29-17/h6-7,10-12H,5,8-9,13H2,1-4H3. The third kappa shape index (κ3) is 4.99. The van der Waals surface area contributed by atoms with Crippen LogP contribution in [0.2, 0.25) is 0 Å². The number of aromatic nitrogens is 3. The Morgan fingerprint density at radius 1 is 1.28 bits per heavy atom. The van der Waals surface area contributed by atoms with Crippen LogP contribution in [0.3, 0.4) is 0 Å². The van der Waals surface area contributed by atoms with Crippen molar-refractivity contribution in [1.29, 1.82) is 0 Å². The van der Waals surface area contributed by atoms with E-state index in [0.717, 1.165) is 17.1 Å². The molecule has 0 fully saturated rings. The lowest BCUT2D eigenvalue weighted by Gasteiger charge is -2.23. The molecule has 0 saturated carbocycles. The van der Waals surface area contributed by atoms with Crippen LogP contribution >= 0.6 is 11.3 Å². The topological polar surface area (TPSA) is 84.5 Å². The van der Waals surface area contributed by atoms with E-state index in [9.17, 15) is 9.59 Å². The summed E-state index contributed by atoms with van der Waals surface area (Å²) in [5, 5.41) is 10.4. The maximum atomic E-state index is 12.7. The summed E-state index contributed by atoms with van der Waals surface area (Å²) in [4.78, 5) is 30.1. The van der Waals surface area contributed by atoms with Crippen LogP contribution in [0.4, 0.5) is 0 Å². The van der Waals surface area contributed by atoms with Crippen LogP contribution in [-0.4, -0.2) is 64.4 Å². The van der Waals surface area contributed by atoms with Crippen LogP contribution < -0.4 is 5.56 Å². The molecule has 0 atom stereocenters. The van der Waals surface area contributed by atoms with E-state index in [4.69, 9.17) is 4.52 Å². The normalized spacial score (nSPS) is 11.2. The lowest BCUT2D eigenvalue weighted by atomic mass is 10.1. The minimum Gasteiger partial charge on any atom is -0.356 e. The van der Waals surface area contributed by atoms with Gasteiger partial charge in [-0.2, -0.15) is 5.10 Å². The van der Waals surface area contributed by atoms with Crippen LogP contribution in [0.5, 0.6) is 0 Å². The Balaban J connectivity index is 1.95. The minimum absolute atomic E-state index is 0.103.